The molecule has 7 heteroatoms. The van der Waals surface area contributed by atoms with Crippen molar-refractivity contribution in [2.24, 2.45) is 5.92 Å². The fourth-order valence-electron chi connectivity index (χ4n) is 1.64. The lowest BCUT2D eigenvalue weighted by Gasteiger charge is -2.29. The lowest BCUT2D eigenvalue weighted by atomic mass is 9.88. The number of carboxylic acids is 1. The van der Waals surface area contributed by atoms with E-state index in [-0.39, 0.29) is 11.6 Å². The summed E-state index contributed by atoms with van der Waals surface area (Å²) < 4.78 is 4.97. The number of carboxylic acid groups (broad SMARTS) is 1. The summed E-state index contributed by atoms with van der Waals surface area (Å²) in [5, 5.41) is 14.1. The Morgan fingerprint density at radius 3 is 2.71 bits per heavy atom. The topological polar surface area (TPSA) is 92.4 Å². The third-order valence-electron chi connectivity index (χ3n) is 3.48. The number of hydrogen-bond donors (Lipinski definition) is 2. The first-order valence-corrected chi connectivity index (χ1v) is 7.26. The monoisotopic (exact) mass is 308 g/mol. The first-order chi connectivity index (χ1) is 9.84. The average Bonchev–Trinajstić information content (AvgIpc) is 3.08. The zero-order valence-corrected chi connectivity index (χ0v) is 12.7. The molecule has 0 saturated heterocycles. The summed E-state index contributed by atoms with van der Waals surface area (Å²) in [7, 11) is 0. The van der Waals surface area contributed by atoms with E-state index in [1.165, 1.54) is 30.8 Å². The van der Waals surface area contributed by atoms with Crippen LogP contribution in [-0.2, 0) is 4.79 Å². The van der Waals surface area contributed by atoms with Crippen LogP contribution in [0.2, 0.25) is 0 Å². The largest absolute Gasteiger partial charge is 0.480 e. The third-order valence-corrected chi connectivity index (χ3v) is 4.37. The Bertz CT molecular complexity index is 648. The molecule has 1 atom stereocenters. The van der Waals surface area contributed by atoms with Crippen LogP contribution in [0.3, 0.4) is 0 Å². The zero-order valence-electron chi connectivity index (χ0n) is 11.9. The van der Waals surface area contributed by atoms with Crippen LogP contribution in [-0.4, -0.2) is 27.5 Å². The highest BCUT2D eigenvalue weighted by atomic mass is 32.1. The fourth-order valence-corrected chi connectivity index (χ4v) is 2.43. The number of aromatic nitrogens is 1. The van der Waals surface area contributed by atoms with Crippen LogP contribution in [0, 0.1) is 5.92 Å². The summed E-state index contributed by atoms with van der Waals surface area (Å²) in [5.41, 5.74) is -0.357. The molecular formula is C14H16N2O4S. The van der Waals surface area contributed by atoms with Crippen LogP contribution >= 0.6 is 11.3 Å². The average molecular weight is 308 g/mol. The van der Waals surface area contributed by atoms with E-state index in [9.17, 15) is 14.7 Å². The van der Waals surface area contributed by atoms with E-state index in [0.29, 0.717) is 5.01 Å². The second-order valence-electron chi connectivity index (χ2n) is 5.17. The van der Waals surface area contributed by atoms with Crippen molar-refractivity contribution in [1.82, 2.24) is 10.3 Å². The number of hydrogen-bond acceptors (Lipinski definition) is 5. The molecule has 112 valence electrons. The molecule has 0 saturated carbocycles. The molecule has 2 heterocycles. The number of amides is 1. The number of aliphatic carboxylic acids is 1. The Balaban J connectivity index is 2.19. The minimum Gasteiger partial charge on any atom is -0.480 e. The molecule has 0 aromatic carbocycles. The third kappa shape index (κ3) is 2.97. The first-order valence-electron chi connectivity index (χ1n) is 6.38. The molecule has 2 aromatic rings. The van der Waals surface area contributed by atoms with Crippen molar-refractivity contribution in [3.63, 3.8) is 0 Å². The van der Waals surface area contributed by atoms with Crippen molar-refractivity contribution >= 4 is 23.2 Å². The maximum absolute atomic E-state index is 12.2. The van der Waals surface area contributed by atoms with E-state index >= 15 is 0 Å². The highest BCUT2D eigenvalue weighted by Crippen LogP contribution is 2.24. The number of furan rings is 1. The van der Waals surface area contributed by atoms with Gasteiger partial charge in [0.15, 0.2) is 0 Å². The van der Waals surface area contributed by atoms with Crippen molar-refractivity contribution in [2.75, 3.05) is 0 Å². The van der Waals surface area contributed by atoms with E-state index in [2.05, 4.69) is 10.3 Å². The summed E-state index contributed by atoms with van der Waals surface area (Å²) in [6.07, 6.45) is 3.06. The number of thiazole rings is 1. The fraction of sp³-hybridized carbons (Fsp3) is 0.357. The van der Waals surface area contributed by atoms with E-state index in [0.717, 1.165) is 5.56 Å². The summed E-state index contributed by atoms with van der Waals surface area (Å²) in [5.74, 6) is -1.83. The highest BCUT2D eigenvalue weighted by molar-refractivity contribution is 7.13. The van der Waals surface area contributed by atoms with Gasteiger partial charge in [0.25, 0.3) is 5.91 Å². The normalized spacial score (nSPS) is 13.9. The molecule has 0 bridgehead atoms. The Hall–Kier alpha value is -2.15. The molecule has 0 spiro atoms. The van der Waals surface area contributed by atoms with Gasteiger partial charge in [-0.15, -0.1) is 11.3 Å². The van der Waals surface area contributed by atoms with Gasteiger partial charge in [-0.05, 0) is 18.9 Å². The predicted molar refractivity (Wildman–Crippen MR) is 78.2 cm³/mol. The van der Waals surface area contributed by atoms with Crippen molar-refractivity contribution in [3.8, 4) is 10.6 Å². The van der Waals surface area contributed by atoms with Crippen LogP contribution in [0.4, 0.5) is 0 Å². The molecule has 2 rings (SSSR count). The molecule has 0 aliphatic rings. The second-order valence-corrected chi connectivity index (χ2v) is 6.02. The molecule has 0 fully saturated rings. The minimum absolute atomic E-state index is 0.198. The molecular weight excluding hydrogens is 292 g/mol. The number of nitrogens with one attached hydrogen (secondary N) is 1. The maximum Gasteiger partial charge on any atom is 0.329 e. The molecule has 2 aromatic heterocycles. The molecule has 0 aliphatic carbocycles. The summed E-state index contributed by atoms with van der Waals surface area (Å²) in [6.45, 7) is 4.97. The van der Waals surface area contributed by atoms with Gasteiger partial charge >= 0.3 is 5.97 Å². The highest BCUT2D eigenvalue weighted by Gasteiger charge is 2.38. The smallest absolute Gasteiger partial charge is 0.329 e. The lowest BCUT2D eigenvalue weighted by molar-refractivity contribution is -0.145. The van der Waals surface area contributed by atoms with Crippen molar-refractivity contribution < 1.29 is 19.1 Å². The van der Waals surface area contributed by atoms with Gasteiger partial charge in [0.2, 0.25) is 0 Å². The van der Waals surface area contributed by atoms with Crippen molar-refractivity contribution in [1.29, 1.82) is 0 Å². The van der Waals surface area contributed by atoms with Crippen LogP contribution in [0.25, 0.3) is 10.6 Å². The van der Waals surface area contributed by atoms with Gasteiger partial charge in [-0.25, -0.2) is 9.78 Å². The number of rotatable bonds is 5. The van der Waals surface area contributed by atoms with Crippen molar-refractivity contribution in [3.05, 3.63) is 29.7 Å². The van der Waals surface area contributed by atoms with Gasteiger partial charge in [-0.2, -0.15) is 0 Å². The van der Waals surface area contributed by atoms with Gasteiger partial charge in [-0.1, -0.05) is 13.8 Å². The van der Waals surface area contributed by atoms with Crippen LogP contribution in [0.1, 0.15) is 31.3 Å². The quantitative estimate of drug-likeness (QED) is 0.885. The van der Waals surface area contributed by atoms with Crippen LogP contribution in [0.15, 0.2) is 28.4 Å². The van der Waals surface area contributed by atoms with Crippen LogP contribution < -0.4 is 5.32 Å². The molecule has 6 nitrogen and oxygen atoms in total. The standard InChI is InChI=1S/C14H16N2O4S/c1-8(2)14(3,13(18)19)16-11(17)10-7-21-12(15-10)9-4-5-20-6-9/h4-8H,1-3H3,(H,16,17)(H,18,19)/t14-/m1/s1. The number of carbonyl (C=O) groups excluding carboxylic acids is 1. The number of nitrogens with zero attached hydrogens (tertiary/aromatic N) is 1. The minimum atomic E-state index is -1.34. The van der Waals surface area contributed by atoms with E-state index in [4.69, 9.17) is 4.42 Å². The Morgan fingerprint density at radius 1 is 1.48 bits per heavy atom. The Kier molecular flexibility index (Phi) is 4.13. The van der Waals surface area contributed by atoms with Gasteiger partial charge in [0.1, 0.15) is 22.5 Å². The van der Waals surface area contributed by atoms with Gasteiger partial charge in [0, 0.05) is 10.9 Å². The molecule has 1 amide bonds. The molecule has 0 aliphatic heterocycles. The van der Waals surface area contributed by atoms with E-state index < -0.39 is 17.4 Å². The summed E-state index contributed by atoms with van der Waals surface area (Å²) >= 11 is 1.30. The van der Waals surface area contributed by atoms with E-state index in [1.807, 2.05) is 0 Å². The van der Waals surface area contributed by atoms with Crippen molar-refractivity contribution in [2.45, 2.75) is 26.3 Å². The lowest BCUT2D eigenvalue weighted by Crippen LogP contribution is -2.55. The molecule has 0 unspecified atom stereocenters. The van der Waals surface area contributed by atoms with Crippen LogP contribution in [0.5, 0.6) is 0 Å². The van der Waals surface area contributed by atoms with Gasteiger partial charge in [0.05, 0.1) is 6.26 Å². The summed E-state index contributed by atoms with van der Waals surface area (Å²) in [4.78, 5) is 27.8. The predicted octanol–water partition coefficient (Wildman–Crippen LogP) is 2.63. The van der Waals surface area contributed by atoms with E-state index in [1.54, 1.807) is 25.3 Å². The second kappa shape index (κ2) is 5.69. The number of carbonyl (C=O) groups is 2. The molecule has 21 heavy (non-hydrogen) atoms. The molecule has 2 N–H and O–H groups in total. The SMILES string of the molecule is CC(C)[C@@](C)(NC(=O)c1csc(-c2ccoc2)n1)C(=O)O. The molecule has 0 radical (unpaired) electrons. The zero-order chi connectivity index (χ0) is 15.6. The van der Waals surface area contributed by atoms with Gasteiger partial charge < -0.3 is 14.8 Å². The first kappa shape index (κ1) is 15.2. The Labute approximate surface area is 125 Å². The van der Waals surface area contributed by atoms with Gasteiger partial charge in [-0.3, -0.25) is 4.79 Å². The Morgan fingerprint density at radius 2 is 2.19 bits per heavy atom. The maximum atomic E-state index is 12.2. The summed E-state index contributed by atoms with van der Waals surface area (Å²) in [6, 6.07) is 1.75.